The number of anilines is 1. The molecule has 2 heterocycles. The van der Waals surface area contributed by atoms with Gasteiger partial charge in [0.15, 0.2) is 0 Å². The highest BCUT2D eigenvalue weighted by molar-refractivity contribution is 6.24. The lowest BCUT2D eigenvalue weighted by Gasteiger charge is -2.32. The zero-order valence-electron chi connectivity index (χ0n) is 12.8. The summed E-state index contributed by atoms with van der Waals surface area (Å²) < 4.78 is 0. The number of urea groups is 1. The summed E-state index contributed by atoms with van der Waals surface area (Å²) in [6.45, 7) is 3.77. The lowest BCUT2D eigenvalue weighted by atomic mass is 9.93. The molecule has 0 unspecified atom stereocenters. The van der Waals surface area contributed by atoms with Crippen molar-refractivity contribution in [1.82, 2.24) is 15.3 Å². The highest BCUT2D eigenvalue weighted by Gasteiger charge is 2.45. The summed E-state index contributed by atoms with van der Waals surface area (Å²) in [6, 6.07) is 2.51. The molecule has 2 aliphatic heterocycles. The van der Waals surface area contributed by atoms with Crippen molar-refractivity contribution >= 4 is 29.4 Å². The largest absolute Gasteiger partial charge is 0.398 e. The summed E-state index contributed by atoms with van der Waals surface area (Å²) >= 11 is 0. The van der Waals surface area contributed by atoms with Crippen molar-refractivity contribution < 1.29 is 19.2 Å². The minimum absolute atomic E-state index is 0.0119. The van der Waals surface area contributed by atoms with Gasteiger partial charge in [-0.15, -0.1) is 0 Å². The van der Waals surface area contributed by atoms with Gasteiger partial charge in [-0.1, -0.05) is 19.9 Å². The van der Waals surface area contributed by atoms with Gasteiger partial charge >= 0.3 is 6.03 Å². The van der Waals surface area contributed by atoms with E-state index in [9.17, 15) is 19.2 Å². The van der Waals surface area contributed by atoms with E-state index in [0.29, 0.717) is 5.56 Å². The molecule has 120 valence electrons. The van der Waals surface area contributed by atoms with Crippen molar-refractivity contribution in [2.24, 2.45) is 0 Å². The Hall–Kier alpha value is -2.90. The van der Waals surface area contributed by atoms with Crippen LogP contribution in [0.25, 0.3) is 0 Å². The molecule has 3 N–H and O–H groups in total. The van der Waals surface area contributed by atoms with Gasteiger partial charge in [0.2, 0.25) is 5.91 Å². The topological polar surface area (TPSA) is 113 Å². The predicted octanol–water partition coefficient (Wildman–Crippen LogP) is 0.845. The first-order chi connectivity index (χ1) is 10.8. The van der Waals surface area contributed by atoms with Crippen LogP contribution in [-0.2, 0) is 4.79 Å². The van der Waals surface area contributed by atoms with E-state index < -0.39 is 23.8 Å². The second-order valence-electron chi connectivity index (χ2n) is 5.80. The molecular formula is C15H16N4O4. The Morgan fingerprint density at radius 2 is 1.74 bits per heavy atom. The third-order valence-electron chi connectivity index (χ3n) is 3.98. The quantitative estimate of drug-likeness (QED) is 0.620. The van der Waals surface area contributed by atoms with Crippen LogP contribution in [0, 0.1) is 0 Å². The Kier molecular flexibility index (Phi) is 3.32. The average molecular weight is 316 g/mol. The number of carbonyl (C=O) groups is 4. The molecule has 0 radical (unpaired) electrons. The van der Waals surface area contributed by atoms with E-state index in [1.165, 1.54) is 0 Å². The molecule has 3 rings (SSSR count). The molecule has 0 bridgehead atoms. The van der Waals surface area contributed by atoms with E-state index in [1.807, 2.05) is 13.8 Å². The summed E-state index contributed by atoms with van der Waals surface area (Å²) in [7, 11) is 0. The lowest BCUT2D eigenvalue weighted by Crippen LogP contribution is -2.58. The summed E-state index contributed by atoms with van der Waals surface area (Å²) in [5, 5.41) is 3.82. The Labute approximate surface area is 132 Å². The monoisotopic (exact) mass is 316 g/mol. The Morgan fingerprint density at radius 3 is 2.35 bits per heavy atom. The second-order valence-corrected chi connectivity index (χ2v) is 5.80. The normalized spacial score (nSPS) is 17.9. The van der Waals surface area contributed by atoms with Crippen LogP contribution in [0.3, 0.4) is 0 Å². The first kappa shape index (κ1) is 15.0. The molecule has 0 aromatic heterocycles. The molecule has 0 spiro atoms. The van der Waals surface area contributed by atoms with Gasteiger partial charge < -0.3 is 5.73 Å². The molecule has 0 aliphatic carbocycles. The minimum atomic E-state index is -0.791. The average Bonchev–Trinajstić information content (AvgIpc) is 2.73. The summed E-state index contributed by atoms with van der Waals surface area (Å²) in [5.41, 5.74) is 7.11. The molecule has 0 atom stereocenters. The number of nitrogens with two attached hydrogens (primary N) is 1. The summed E-state index contributed by atoms with van der Waals surface area (Å²) in [4.78, 5) is 48.6. The highest BCUT2D eigenvalue weighted by atomic mass is 16.2. The number of amides is 5. The van der Waals surface area contributed by atoms with Gasteiger partial charge in [-0.05, 0) is 17.5 Å². The zero-order chi connectivity index (χ0) is 16.9. The van der Waals surface area contributed by atoms with Gasteiger partial charge in [-0.3, -0.25) is 19.7 Å². The first-order valence-electron chi connectivity index (χ1n) is 7.25. The highest BCUT2D eigenvalue weighted by Crippen LogP contribution is 2.35. The molecule has 8 nitrogen and oxygen atoms in total. The summed E-state index contributed by atoms with van der Waals surface area (Å²) in [5.74, 6) is -1.66. The van der Waals surface area contributed by atoms with Crippen molar-refractivity contribution in [3.05, 3.63) is 28.8 Å². The van der Waals surface area contributed by atoms with Crippen LogP contribution in [0.4, 0.5) is 10.5 Å². The molecule has 23 heavy (non-hydrogen) atoms. The standard InChI is InChI=1S/C15H16N4O4/c1-7(2)8-3-4-9(16)12-11(8)13(21)19(14(12)22)18-6-5-10(20)17-15(18)23/h3-4,7H,5-6,16H2,1-2H3,(H,17,20,23). The predicted molar refractivity (Wildman–Crippen MR) is 80.3 cm³/mol. The van der Waals surface area contributed by atoms with Gasteiger partial charge in [0, 0.05) is 12.1 Å². The van der Waals surface area contributed by atoms with Crippen LogP contribution in [0.1, 0.15) is 52.5 Å². The molecule has 1 aromatic rings. The number of imide groups is 2. The number of benzene rings is 1. The van der Waals surface area contributed by atoms with E-state index >= 15 is 0 Å². The Bertz CT molecular complexity index is 756. The van der Waals surface area contributed by atoms with Crippen molar-refractivity contribution in [2.75, 3.05) is 12.3 Å². The van der Waals surface area contributed by atoms with Crippen molar-refractivity contribution in [3.8, 4) is 0 Å². The fourth-order valence-electron chi connectivity index (χ4n) is 2.85. The number of rotatable bonds is 2. The fraction of sp³-hybridized carbons (Fsp3) is 0.333. The molecule has 2 aliphatic rings. The van der Waals surface area contributed by atoms with Gasteiger partial charge in [0.05, 0.1) is 17.7 Å². The molecule has 0 saturated carbocycles. The van der Waals surface area contributed by atoms with Crippen LogP contribution in [0.15, 0.2) is 12.1 Å². The molecule has 1 saturated heterocycles. The van der Waals surface area contributed by atoms with Crippen molar-refractivity contribution in [1.29, 1.82) is 0 Å². The lowest BCUT2D eigenvalue weighted by molar-refractivity contribution is -0.122. The van der Waals surface area contributed by atoms with Gasteiger partial charge in [0.25, 0.3) is 11.8 Å². The van der Waals surface area contributed by atoms with Crippen LogP contribution in [0.2, 0.25) is 0 Å². The molecule has 1 aromatic carbocycles. The third-order valence-corrected chi connectivity index (χ3v) is 3.98. The van der Waals surface area contributed by atoms with Crippen LogP contribution < -0.4 is 11.1 Å². The number of hydrogen-bond donors (Lipinski definition) is 2. The molecule has 5 amide bonds. The second kappa shape index (κ2) is 5.08. The van der Waals surface area contributed by atoms with Crippen molar-refractivity contribution in [3.63, 3.8) is 0 Å². The van der Waals surface area contributed by atoms with Gasteiger partial charge in [0.1, 0.15) is 0 Å². The van der Waals surface area contributed by atoms with Crippen LogP contribution in [0.5, 0.6) is 0 Å². The smallest absolute Gasteiger partial charge is 0.343 e. The number of nitrogen functional groups attached to an aromatic ring is 1. The number of nitrogens with zero attached hydrogens (tertiary/aromatic N) is 2. The number of nitrogens with one attached hydrogen (secondary N) is 1. The zero-order valence-corrected chi connectivity index (χ0v) is 12.8. The van der Waals surface area contributed by atoms with Gasteiger partial charge in [-0.2, -0.15) is 5.01 Å². The van der Waals surface area contributed by atoms with E-state index in [2.05, 4.69) is 5.32 Å². The van der Waals surface area contributed by atoms with Crippen LogP contribution >= 0.6 is 0 Å². The Morgan fingerprint density at radius 1 is 1.09 bits per heavy atom. The van der Waals surface area contributed by atoms with E-state index in [1.54, 1.807) is 12.1 Å². The van der Waals surface area contributed by atoms with Crippen molar-refractivity contribution in [2.45, 2.75) is 26.2 Å². The number of carbonyl (C=O) groups excluding carboxylic acids is 4. The van der Waals surface area contributed by atoms with Crippen LogP contribution in [-0.4, -0.2) is 40.3 Å². The van der Waals surface area contributed by atoms with Gasteiger partial charge in [-0.25, -0.2) is 9.80 Å². The number of hydrogen-bond acceptors (Lipinski definition) is 5. The summed E-state index contributed by atoms with van der Waals surface area (Å²) in [6.07, 6.45) is 0.0195. The third kappa shape index (κ3) is 2.14. The maximum absolute atomic E-state index is 12.8. The maximum atomic E-state index is 12.8. The fourth-order valence-corrected chi connectivity index (χ4v) is 2.85. The maximum Gasteiger partial charge on any atom is 0.343 e. The molecule has 8 heteroatoms. The number of fused-ring (bicyclic) bond motifs is 1. The molecular weight excluding hydrogens is 300 g/mol. The molecule has 1 fully saturated rings. The van der Waals surface area contributed by atoms with E-state index in [0.717, 1.165) is 10.0 Å². The Balaban J connectivity index is 2.08. The minimum Gasteiger partial charge on any atom is -0.398 e. The first-order valence-corrected chi connectivity index (χ1v) is 7.25. The number of hydrazine groups is 1. The van der Waals surface area contributed by atoms with E-state index in [-0.39, 0.29) is 35.7 Å². The van der Waals surface area contributed by atoms with E-state index in [4.69, 9.17) is 5.73 Å². The SMILES string of the molecule is CC(C)c1ccc(N)c2c1C(=O)N(N1CCC(=O)NC1=O)C2=O.